The van der Waals surface area contributed by atoms with Gasteiger partial charge in [0.2, 0.25) is 0 Å². The number of hydrogen-bond donors (Lipinski definition) is 0. The minimum atomic E-state index is 0.550. The van der Waals surface area contributed by atoms with Gasteiger partial charge in [-0.1, -0.05) is 35.4 Å². The fraction of sp³-hybridized carbons (Fsp3) is 1.00. The second kappa shape index (κ2) is 4.15. The van der Waals surface area contributed by atoms with Crippen LogP contribution in [0.2, 0.25) is 0 Å². The van der Waals surface area contributed by atoms with Gasteiger partial charge in [-0.25, -0.2) is 0 Å². The van der Waals surface area contributed by atoms with Crippen LogP contribution in [-0.4, -0.2) is 30.2 Å². The average molecular weight is 297 g/mol. The molecule has 2 spiro atoms. The van der Waals surface area contributed by atoms with E-state index in [1.807, 2.05) is 0 Å². The largest absolute Gasteiger partial charge is 0.156 e. The van der Waals surface area contributed by atoms with Gasteiger partial charge in [-0.3, -0.25) is 0 Å². The first kappa shape index (κ1) is 11.8. The molecule has 3 heterocycles. The van der Waals surface area contributed by atoms with Crippen molar-refractivity contribution in [1.29, 1.82) is 0 Å². The topological polar surface area (TPSA) is 0 Å². The SMILES string of the molecule is CC1SCCC12SSC1(CCSC1C)S2. The van der Waals surface area contributed by atoms with E-state index < -0.39 is 0 Å². The average Bonchev–Trinajstić information content (AvgIpc) is 2.85. The monoisotopic (exact) mass is 296 g/mol. The molecule has 0 aromatic carbocycles. The molecule has 0 bridgehead atoms. The molecule has 3 saturated heterocycles. The van der Waals surface area contributed by atoms with Crippen molar-refractivity contribution < 1.29 is 0 Å². The van der Waals surface area contributed by atoms with Crippen molar-refractivity contribution in [3.63, 3.8) is 0 Å². The third-order valence-corrected chi connectivity index (χ3v) is 14.1. The van der Waals surface area contributed by atoms with Gasteiger partial charge in [-0.05, 0) is 24.3 Å². The maximum Gasteiger partial charge on any atom is 0.0852 e. The lowest BCUT2D eigenvalue weighted by molar-refractivity contribution is 0.765. The van der Waals surface area contributed by atoms with E-state index in [1.54, 1.807) is 0 Å². The lowest BCUT2D eigenvalue weighted by Gasteiger charge is -2.30. The van der Waals surface area contributed by atoms with Crippen molar-refractivity contribution >= 4 is 56.9 Å². The van der Waals surface area contributed by atoms with Crippen LogP contribution >= 0.6 is 56.9 Å². The van der Waals surface area contributed by atoms with Crippen LogP contribution < -0.4 is 0 Å². The van der Waals surface area contributed by atoms with E-state index >= 15 is 0 Å². The van der Waals surface area contributed by atoms with E-state index in [1.165, 1.54) is 24.3 Å². The molecule has 0 aliphatic carbocycles. The predicted molar refractivity (Wildman–Crippen MR) is 81.3 cm³/mol. The normalized spacial score (nSPS) is 54.8. The second-order valence-electron chi connectivity index (χ2n) is 4.42. The van der Waals surface area contributed by atoms with Gasteiger partial charge >= 0.3 is 0 Å². The van der Waals surface area contributed by atoms with Crippen molar-refractivity contribution in [2.45, 2.75) is 45.3 Å². The van der Waals surface area contributed by atoms with Crippen LogP contribution in [0, 0.1) is 0 Å². The van der Waals surface area contributed by atoms with Gasteiger partial charge in [-0.15, -0.1) is 11.8 Å². The molecule has 0 N–H and O–H groups in total. The van der Waals surface area contributed by atoms with Crippen molar-refractivity contribution in [2.75, 3.05) is 11.5 Å². The van der Waals surface area contributed by atoms with E-state index in [9.17, 15) is 0 Å². The first-order chi connectivity index (χ1) is 7.17. The van der Waals surface area contributed by atoms with Crippen LogP contribution in [0.15, 0.2) is 0 Å². The molecule has 3 aliphatic rings. The van der Waals surface area contributed by atoms with Crippen LogP contribution in [-0.2, 0) is 0 Å². The molecule has 3 aliphatic heterocycles. The molecule has 0 amide bonds. The molecule has 15 heavy (non-hydrogen) atoms. The Balaban J connectivity index is 1.82. The van der Waals surface area contributed by atoms with Gasteiger partial charge < -0.3 is 0 Å². The molecule has 0 radical (unpaired) electrons. The van der Waals surface area contributed by atoms with E-state index in [2.05, 4.69) is 70.7 Å². The highest BCUT2D eigenvalue weighted by molar-refractivity contribution is 8.84. The molecule has 86 valence electrons. The van der Waals surface area contributed by atoms with E-state index in [-0.39, 0.29) is 0 Å². The molecule has 0 saturated carbocycles. The van der Waals surface area contributed by atoms with Gasteiger partial charge in [0.15, 0.2) is 0 Å². The van der Waals surface area contributed by atoms with E-state index in [0.29, 0.717) is 8.16 Å². The smallest absolute Gasteiger partial charge is 0.0852 e. The minimum absolute atomic E-state index is 0.550. The summed E-state index contributed by atoms with van der Waals surface area (Å²) in [6.07, 6.45) is 2.83. The highest BCUT2D eigenvalue weighted by Crippen LogP contribution is 2.74. The lowest BCUT2D eigenvalue weighted by atomic mass is 10.2. The predicted octanol–water partition coefficient (Wildman–Crippen LogP) is 4.56. The maximum atomic E-state index is 2.43. The Morgan fingerprint density at radius 3 is 1.67 bits per heavy atom. The summed E-state index contributed by atoms with van der Waals surface area (Å²) < 4.78 is 1.10. The first-order valence-electron chi connectivity index (χ1n) is 5.47. The summed E-state index contributed by atoms with van der Waals surface area (Å²) in [6.45, 7) is 4.87. The fourth-order valence-corrected chi connectivity index (χ4v) is 14.0. The molecular weight excluding hydrogens is 280 g/mol. The Labute approximate surface area is 113 Å². The number of hydrogen-bond acceptors (Lipinski definition) is 5. The van der Waals surface area contributed by atoms with Gasteiger partial charge in [0, 0.05) is 10.5 Å². The van der Waals surface area contributed by atoms with Crippen molar-refractivity contribution in [1.82, 2.24) is 0 Å². The van der Waals surface area contributed by atoms with E-state index in [4.69, 9.17) is 0 Å². The van der Waals surface area contributed by atoms with Gasteiger partial charge in [0.05, 0.1) is 8.16 Å². The minimum Gasteiger partial charge on any atom is -0.156 e. The van der Waals surface area contributed by atoms with Gasteiger partial charge in [0.1, 0.15) is 0 Å². The molecule has 0 aromatic heterocycles. The second-order valence-corrected chi connectivity index (χ2v) is 12.3. The summed E-state index contributed by atoms with van der Waals surface area (Å²) in [7, 11) is 4.41. The summed E-state index contributed by atoms with van der Waals surface area (Å²) in [5, 5.41) is 1.69. The molecule has 4 atom stereocenters. The lowest BCUT2D eigenvalue weighted by Crippen LogP contribution is -2.30. The Morgan fingerprint density at radius 1 is 0.867 bits per heavy atom. The highest BCUT2D eigenvalue weighted by atomic mass is 33.1. The summed E-state index contributed by atoms with van der Waals surface area (Å²) >= 11 is 6.68. The van der Waals surface area contributed by atoms with Crippen molar-refractivity contribution in [3.05, 3.63) is 0 Å². The zero-order chi connectivity index (χ0) is 10.5. The molecule has 5 heteroatoms. The molecular formula is C10H16S5. The Hall–Kier alpha value is 1.75. The highest BCUT2D eigenvalue weighted by Gasteiger charge is 2.58. The van der Waals surface area contributed by atoms with Crippen LogP contribution in [0.1, 0.15) is 26.7 Å². The maximum absolute atomic E-state index is 2.43. The molecule has 3 rings (SSSR count). The van der Waals surface area contributed by atoms with Crippen molar-refractivity contribution in [2.24, 2.45) is 0 Å². The van der Waals surface area contributed by atoms with Crippen LogP contribution in [0.5, 0.6) is 0 Å². The molecule has 3 fully saturated rings. The van der Waals surface area contributed by atoms with Crippen LogP contribution in [0.25, 0.3) is 0 Å². The van der Waals surface area contributed by atoms with Gasteiger partial charge in [0.25, 0.3) is 0 Å². The zero-order valence-electron chi connectivity index (χ0n) is 9.02. The first-order valence-corrected chi connectivity index (χ1v) is 10.5. The van der Waals surface area contributed by atoms with Crippen LogP contribution in [0.3, 0.4) is 0 Å². The van der Waals surface area contributed by atoms with Crippen LogP contribution in [0.4, 0.5) is 0 Å². The Kier molecular flexibility index (Phi) is 3.27. The third kappa shape index (κ3) is 1.79. The molecule has 4 unspecified atom stereocenters. The van der Waals surface area contributed by atoms with Crippen molar-refractivity contribution in [3.8, 4) is 0 Å². The zero-order valence-corrected chi connectivity index (χ0v) is 13.1. The quantitative estimate of drug-likeness (QED) is 0.599. The summed E-state index contributed by atoms with van der Waals surface area (Å²) in [6, 6.07) is 0. The Bertz CT molecular complexity index is 245. The molecule has 0 nitrogen and oxygen atoms in total. The van der Waals surface area contributed by atoms with E-state index in [0.717, 1.165) is 10.5 Å². The summed E-state index contributed by atoms with van der Waals surface area (Å²) in [5.74, 6) is 2.75. The molecule has 0 aromatic rings. The summed E-state index contributed by atoms with van der Waals surface area (Å²) in [4.78, 5) is 0. The van der Waals surface area contributed by atoms with Gasteiger partial charge in [-0.2, -0.15) is 23.5 Å². The fourth-order valence-electron chi connectivity index (χ4n) is 2.37. The number of rotatable bonds is 0. The Morgan fingerprint density at radius 2 is 1.33 bits per heavy atom. The standard InChI is InChI=1S/C10H16S5/c1-7-9(3-5-11-7)13-10(15-14-9)4-6-12-8(10)2/h7-8H,3-6H2,1-2H3. The number of thioether (sulfide) groups is 3. The summed E-state index contributed by atoms with van der Waals surface area (Å²) in [5.41, 5.74) is 0. The third-order valence-electron chi connectivity index (χ3n) is 3.54.